The lowest BCUT2D eigenvalue weighted by molar-refractivity contribution is -0.127. The van der Waals surface area contributed by atoms with E-state index in [1.165, 1.54) is 54.6 Å². The second-order valence-corrected chi connectivity index (χ2v) is 16.7. The molecule has 330 valence electrons. The highest BCUT2D eigenvalue weighted by atomic mass is 35.5. The highest BCUT2D eigenvalue weighted by Gasteiger charge is 2.26. The Hall–Kier alpha value is -6.03. The van der Waals surface area contributed by atoms with Gasteiger partial charge >= 0.3 is 0 Å². The maximum Gasteiger partial charge on any atom is 0.258 e. The first kappa shape index (κ1) is 49.0. The van der Waals surface area contributed by atoms with Crippen LogP contribution in [0.3, 0.4) is 0 Å². The summed E-state index contributed by atoms with van der Waals surface area (Å²) >= 11 is 31.0. The van der Waals surface area contributed by atoms with Gasteiger partial charge in [-0.2, -0.15) is 20.5 Å². The molecule has 0 aliphatic rings. The molecule has 5 aromatic carbocycles. The van der Waals surface area contributed by atoms with Crippen molar-refractivity contribution in [3.8, 4) is 0 Å². The van der Waals surface area contributed by atoms with Crippen molar-refractivity contribution < 1.29 is 28.8 Å². The first-order valence-electron chi connectivity index (χ1n) is 19.3. The lowest BCUT2D eigenvalue weighted by Crippen LogP contribution is -2.32. The summed E-state index contributed by atoms with van der Waals surface area (Å²) in [4.78, 5) is 77.9. The summed E-state index contributed by atoms with van der Waals surface area (Å²) in [5.41, 5.74) is 4.04. The first-order chi connectivity index (χ1) is 30.4. The number of rotatable bonds is 17. The summed E-state index contributed by atoms with van der Waals surface area (Å²) in [6.07, 6.45) is 0. The molecule has 0 fully saturated rings. The van der Waals surface area contributed by atoms with Crippen LogP contribution >= 0.6 is 58.0 Å². The highest BCUT2D eigenvalue weighted by Crippen LogP contribution is 2.28. The summed E-state index contributed by atoms with van der Waals surface area (Å²) in [5.74, 6) is -4.08. The van der Waals surface area contributed by atoms with Crippen LogP contribution in [0.4, 0.5) is 34.1 Å². The fourth-order valence-electron chi connectivity index (χ4n) is 5.80. The monoisotopic (exact) mass is 962 g/mol. The van der Waals surface area contributed by atoms with E-state index in [-0.39, 0.29) is 60.6 Å². The maximum atomic E-state index is 13.4. The van der Waals surface area contributed by atoms with Crippen LogP contribution in [0.2, 0.25) is 10.0 Å². The Morgan fingerprint density at radius 3 is 1.33 bits per heavy atom. The standard InChI is InChI=1S/C45H39Cl5N8O6/c1-23(47)27-5-9-34(10-6-27)51-42(61)29-15-32(49)20-37(17-29)55-57-40(25(3)59)44(63)53-36-13-14-39(31(19-36)22-46)54-45(64)41(26(4)60)58-56-38-18-30(16-33(50)21-38)43(62)52-35-11-7-28(8-12-35)24(2)48/h5-21,23-24,40-41H,22H2,1-4H3,(H,51,61)(H,52,62)(H,53,63)(H,54,64). The Kier molecular flexibility index (Phi) is 17.3. The van der Waals surface area contributed by atoms with Crippen molar-refractivity contribution in [1.29, 1.82) is 0 Å². The number of ketones is 2. The van der Waals surface area contributed by atoms with Crippen LogP contribution in [0.25, 0.3) is 0 Å². The van der Waals surface area contributed by atoms with E-state index in [1.807, 2.05) is 13.8 Å². The van der Waals surface area contributed by atoms with E-state index in [0.29, 0.717) is 16.9 Å². The molecule has 4 amide bonds. The van der Waals surface area contributed by atoms with E-state index in [2.05, 4.69) is 41.7 Å². The van der Waals surface area contributed by atoms with E-state index >= 15 is 0 Å². The van der Waals surface area contributed by atoms with Crippen LogP contribution in [-0.2, 0) is 25.1 Å². The van der Waals surface area contributed by atoms with Crippen molar-refractivity contribution in [1.82, 2.24) is 0 Å². The third-order valence-corrected chi connectivity index (χ3v) is 10.4. The fraction of sp³-hybridized carbons (Fsp3) is 0.200. The van der Waals surface area contributed by atoms with E-state index in [9.17, 15) is 28.8 Å². The van der Waals surface area contributed by atoms with E-state index in [4.69, 9.17) is 58.0 Å². The molecule has 0 saturated carbocycles. The zero-order valence-corrected chi connectivity index (χ0v) is 38.2. The first-order valence-corrected chi connectivity index (χ1v) is 21.4. The summed E-state index contributed by atoms with van der Waals surface area (Å²) in [5, 5.41) is 26.6. The van der Waals surface area contributed by atoms with Crippen LogP contribution in [0.1, 0.15) is 75.9 Å². The van der Waals surface area contributed by atoms with Crippen LogP contribution in [-0.4, -0.2) is 47.3 Å². The smallest absolute Gasteiger partial charge is 0.258 e. The minimum Gasteiger partial charge on any atom is -0.324 e. The van der Waals surface area contributed by atoms with Crippen molar-refractivity contribution in [3.05, 3.63) is 141 Å². The third-order valence-electron chi connectivity index (χ3n) is 9.16. The summed E-state index contributed by atoms with van der Waals surface area (Å²) in [7, 11) is 0. The van der Waals surface area contributed by atoms with E-state index in [0.717, 1.165) is 25.0 Å². The quantitative estimate of drug-likeness (QED) is 0.0406. The molecule has 64 heavy (non-hydrogen) atoms. The minimum atomic E-state index is -1.61. The maximum absolute atomic E-state index is 13.4. The molecule has 4 atom stereocenters. The SMILES string of the molecule is CC(=O)C(N=Nc1cc(Cl)cc(C(=O)Nc2ccc(C(C)Cl)cc2)c1)C(=O)Nc1ccc(NC(=O)C(N=Nc2cc(Cl)cc(C(=O)Nc3ccc(C(C)Cl)cc3)c2)C(C)=O)c(CCl)c1. The van der Waals surface area contributed by atoms with Gasteiger partial charge in [-0.05, 0) is 123 Å². The number of nitrogens with one attached hydrogen (secondary N) is 4. The number of carbonyl (C=O) groups excluding carboxylic acids is 6. The number of carbonyl (C=O) groups is 6. The molecule has 0 heterocycles. The zero-order valence-electron chi connectivity index (χ0n) is 34.5. The van der Waals surface area contributed by atoms with Gasteiger partial charge in [0.25, 0.3) is 23.6 Å². The average molecular weight is 965 g/mol. The Bertz CT molecular complexity index is 2640. The Morgan fingerprint density at radius 1 is 0.531 bits per heavy atom. The molecule has 5 rings (SSSR count). The van der Waals surface area contributed by atoms with Crippen LogP contribution < -0.4 is 21.3 Å². The van der Waals surface area contributed by atoms with Crippen molar-refractivity contribution in [2.75, 3.05) is 21.3 Å². The number of alkyl halides is 3. The molecular weight excluding hydrogens is 926 g/mol. The molecule has 0 aliphatic heterocycles. The van der Waals surface area contributed by atoms with Crippen LogP contribution in [0.5, 0.6) is 0 Å². The summed E-state index contributed by atoms with van der Waals surface area (Å²) < 4.78 is 0. The second kappa shape index (κ2) is 22.5. The summed E-state index contributed by atoms with van der Waals surface area (Å²) in [6.45, 7) is 5.98. The van der Waals surface area contributed by atoms with Gasteiger partial charge in [-0.3, -0.25) is 28.8 Å². The molecule has 0 aliphatic carbocycles. The predicted molar refractivity (Wildman–Crippen MR) is 251 cm³/mol. The number of hydrogen-bond donors (Lipinski definition) is 4. The minimum absolute atomic E-state index is 0.105. The van der Waals surface area contributed by atoms with Gasteiger partial charge in [0.05, 0.1) is 22.1 Å². The van der Waals surface area contributed by atoms with Gasteiger partial charge < -0.3 is 21.3 Å². The molecular formula is C45H39Cl5N8O6. The molecule has 0 aromatic heterocycles. The van der Waals surface area contributed by atoms with E-state index < -0.39 is 47.3 Å². The number of nitrogens with zero attached hydrogens (tertiary/aromatic N) is 4. The predicted octanol–water partition coefficient (Wildman–Crippen LogP) is 12.2. The normalized spacial score (nSPS) is 13.1. The van der Waals surface area contributed by atoms with Gasteiger partial charge in [-0.1, -0.05) is 47.5 Å². The molecule has 0 bridgehead atoms. The average Bonchev–Trinajstić information content (AvgIpc) is 3.24. The lowest BCUT2D eigenvalue weighted by Gasteiger charge is -2.15. The van der Waals surface area contributed by atoms with Gasteiger partial charge in [0.15, 0.2) is 11.6 Å². The number of amides is 4. The molecule has 0 radical (unpaired) electrons. The van der Waals surface area contributed by atoms with Crippen molar-refractivity contribution in [3.63, 3.8) is 0 Å². The lowest BCUT2D eigenvalue weighted by atomic mass is 10.1. The molecule has 4 N–H and O–H groups in total. The Morgan fingerprint density at radius 2 is 0.938 bits per heavy atom. The highest BCUT2D eigenvalue weighted by molar-refractivity contribution is 6.32. The Labute approximate surface area is 393 Å². The third kappa shape index (κ3) is 13.7. The number of anilines is 4. The van der Waals surface area contributed by atoms with E-state index in [1.54, 1.807) is 48.5 Å². The van der Waals surface area contributed by atoms with Crippen LogP contribution in [0, 0.1) is 0 Å². The van der Waals surface area contributed by atoms with Crippen molar-refractivity contribution in [2.45, 2.75) is 56.4 Å². The van der Waals surface area contributed by atoms with Crippen LogP contribution in [0.15, 0.2) is 124 Å². The van der Waals surface area contributed by atoms with Gasteiger partial charge in [-0.15, -0.1) is 34.8 Å². The number of hydrogen-bond acceptors (Lipinski definition) is 10. The van der Waals surface area contributed by atoms with Gasteiger partial charge in [0.1, 0.15) is 0 Å². The second-order valence-electron chi connectivity index (χ2n) is 14.2. The van der Waals surface area contributed by atoms with Crippen molar-refractivity contribution >= 4 is 127 Å². The molecule has 4 unspecified atom stereocenters. The molecule has 14 nitrogen and oxygen atoms in total. The van der Waals surface area contributed by atoms with Gasteiger partial charge in [0, 0.05) is 49.8 Å². The molecule has 5 aromatic rings. The largest absolute Gasteiger partial charge is 0.324 e. The number of halogens is 5. The van der Waals surface area contributed by atoms with Crippen molar-refractivity contribution in [2.24, 2.45) is 20.5 Å². The zero-order chi connectivity index (χ0) is 46.7. The van der Waals surface area contributed by atoms with Gasteiger partial charge in [-0.25, -0.2) is 0 Å². The number of azo groups is 2. The summed E-state index contributed by atoms with van der Waals surface area (Å²) in [6, 6.07) is 23.6. The molecule has 0 spiro atoms. The molecule has 0 saturated heterocycles. The van der Waals surface area contributed by atoms with Gasteiger partial charge in [0.2, 0.25) is 12.1 Å². The Balaban J connectivity index is 1.24. The number of Topliss-reactive ketones (excluding diaryl/α,β-unsaturated/α-hetero) is 2. The number of benzene rings is 5. The topological polar surface area (TPSA) is 200 Å². The molecule has 19 heteroatoms. The fourth-order valence-corrected chi connectivity index (χ4v) is 6.77.